The average Bonchev–Trinajstić information content (AvgIpc) is 3.26. The molecule has 3 nitrogen and oxygen atoms in total. The summed E-state index contributed by atoms with van der Waals surface area (Å²) in [7, 11) is 0. The molecule has 110 valence electrons. The van der Waals surface area contributed by atoms with Gasteiger partial charge in [0, 0.05) is 19.0 Å². The van der Waals surface area contributed by atoms with Gasteiger partial charge in [0.15, 0.2) is 11.4 Å². The van der Waals surface area contributed by atoms with E-state index in [0.29, 0.717) is 11.3 Å². The molecule has 0 N–H and O–H groups in total. The lowest BCUT2D eigenvalue weighted by Crippen LogP contribution is -2.39. The number of carbonyl (C=O) groups excluding carboxylic acids is 1. The van der Waals surface area contributed by atoms with Gasteiger partial charge in [0.25, 0.3) is 0 Å². The Hall–Kier alpha value is -0.900. The molecule has 1 saturated heterocycles. The van der Waals surface area contributed by atoms with Crippen LogP contribution in [0.15, 0.2) is 0 Å². The van der Waals surface area contributed by atoms with Crippen LogP contribution in [0.1, 0.15) is 73.7 Å². The molecule has 0 bridgehead atoms. The van der Waals surface area contributed by atoms with Crippen molar-refractivity contribution in [2.24, 2.45) is 5.41 Å². The molecule has 0 spiro atoms. The molecule has 1 saturated carbocycles. The topological polar surface area (TPSA) is 33.2 Å². The van der Waals surface area contributed by atoms with Gasteiger partial charge >= 0.3 is 0 Å². The smallest absolute Gasteiger partial charge is 0.186 e. The molecule has 20 heavy (non-hydrogen) atoms. The molecular weight excluding hydrogens is 268 g/mol. The summed E-state index contributed by atoms with van der Waals surface area (Å²) >= 11 is 1.60. The van der Waals surface area contributed by atoms with E-state index >= 15 is 0 Å². The van der Waals surface area contributed by atoms with Crippen molar-refractivity contribution in [2.75, 3.05) is 18.0 Å². The van der Waals surface area contributed by atoms with Gasteiger partial charge in [-0.2, -0.15) is 0 Å². The van der Waals surface area contributed by atoms with Gasteiger partial charge in [-0.1, -0.05) is 38.0 Å². The van der Waals surface area contributed by atoms with Crippen molar-refractivity contribution in [1.29, 1.82) is 0 Å². The summed E-state index contributed by atoms with van der Waals surface area (Å²) in [4.78, 5) is 19.2. The van der Waals surface area contributed by atoms with Crippen LogP contribution in [0.3, 0.4) is 0 Å². The Morgan fingerprint density at radius 2 is 1.95 bits per heavy atom. The summed E-state index contributed by atoms with van der Waals surface area (Å²) in [6.45, 7) is 6.83. The number of carbonyl (C=O) groups is 1. The van der Waals surface area contributed by atoms with E-state index in [4.69, 9.17) is 4.98 Å². The van der Waals surface area contributed by atoms with Crippen molar-refractivity contribution < 1.29 is 4.79 Å². The standard InChI is InChI=1S/C16H24N2OS/c1-3-16(4-2)7-9-18(10-8-16)15-17-14(12-5-6-12)13(11-19)20-15/h11-12H,3-10H2,1-2H3. The van der Waals surface area contributed by atoms with Crippen LogP contribution in [0.2, 0.25) is 0 Å². The fourth-order valence-electron chi connectivity index (χ4n) is 3.33. The van der Waals surface area contributed by atoms with Gasteiger partial charge in [-0.15, -0.1) is 0 Å². The minimum atomic E-state index is 0.542. The highest BCUT2D eigenvalue weighted by atomic mass is 32.1. The summed E-state index contributed by atoms with van der Waals surface area (Å²) in [6, 6.07) is 0. The first-order valence-corrected chi connectivity index (χ1v) is 8.74. The average molecular weight is 292 g/mol. The third kappa shape index (κ3) is 2.50. The first-order valence-electron chi connectivity index (χ1n) is 7.92. The van der Waals surface area contributed by atoms with Gasteiger partial charge in [-0.25, -0.2) is 4.98 Å². The van der Waals surface area contributed by atoms with Crippen LogP contribution in [0.4, 0.5) is 5.13 Å². The van der Waals surface area contributed by atoms with Crippen molar-refractivity contribution >= 4 is 22.8 Å². The molecule has 4 heteroatoms. The molecule has 0 unspecified atom stereocenters. The second kappa shape index (κ2) is 5.47. The number of piperidine rings is 1. The molecule has 1 aromatic heterocycles. The summed E-state index contributed by atoms with van der Waals surface area (Å²) in [6.07, 6.45) is 8.49. The number of thiazole rings is 1. The molecule has 1 aromatic rings. The first-order chi connectivity index (χ1) is 9.71. The third-order valence-corrected chi connectivity index (χ3v) is 6.39. The Morgan fingerprint density at radius 3 is 2.45 bits per heavy atom. The fourth-order valence-corrected chi connectivity index (χ4v) is 4.35. The third-order valence-electron chi connectivity index (χ3n) is 5.34. The Bertz CT molecular complexity index is 479. The number of hydrogen-bond donors (Lipinski definition) is 0. The molecule has 0 radical (unpaired) electrons. The second-order valence-corrected chi connectivity index (χ2v) is 7.34. The van der Waals surface area contributed by atoms with E-state index in [1.165, 1.54) is 38.5 Å². The van der Waals surface area contributed by atoms with Crippen LogP contribution in [-0.4, -0.2) is 24.4 Å². The van der Waals surface area contributed by atoms with Crippen molar-refractivity contribution in [1.82, 2.24) is 4.98 Å². The van der Waals surface area contributed by atoms with Gasteiger partial charge in [0.2, 0.25) is 0 Å². The van der Waals surface area contributed by atoms with Crippen molar-refractivity contribution in [3.63, 3.8) is 0 Å². The number of aldehydes is 1. The van der Waals surface area contributed by atoms with E-state index in [2.05, 4.69) is 18.7 Å². The van der Waals surface area contributed by atoms with E-state index < -0.39 is 0 Å². The molecule has 0 amide bonds. The minimum absolute atomic E-state index is 0.542. The maximum Gasteiger partial charge on any atom is 0.186 e. The largest absolute Gasteiger partial charge is 0.348 e. The molecule has 2 fully saturated rings. The summed E-state index contributed by atoms with van der Waals surface area (Å²) in [5.41, 5.74) is 1.61. The molecule has 1 aliphatic carbocycles. The Morgan fingerprint density at radius 1 is 1.30 bits per heavy atom. The van der Waals surface area contributed by atoms with Crippen LogP contribution < -0.4 is 4.90 Å². The second-order valence-electron chi connectivity index (χ2n) is 6.33. The molecular formula is C16H24N2OS. The van der Waals surface area contributed by atoms with Crippen LogP contribution >= 0.6 is 11.3 Å². The van der Waals surface area contributed by atoms with Gasteiger partial charge in [0.1, 0.15) is 0 Å². The normalized spacial score (nSPS) is 22.0. The molecule has 2 aliphatic rings. The number of aromatic nitrogens is 1. The van der Waals surface area contributed by atoms with Gasteiger partial charge in [0.05, 0.1) is 10.6 Å². The van der Waals surface area contributed by atoms with E-state index in [1.807, 2.05) is 0 Å². The first kappa shape index (κ1) is 14.1. The maximum atomic E-state index is 11.2. The zero-order chi connectivity index (χ0) is 14.2. The maximum absolute atomic E-state index is 11.2. The lowest BCUT2D eigenvalue weighted by Gasteiger charge is -2.40. The zero-order valence-electron chi connectivity index (χ0n) is 12.5. The monoisotopic (exact) mass is 292 g/mol. The lowest BCUT2D eigenvalue weighted by molar-refractivity contribution is 0.112. The van der Waals surface area contributed by atoms with Crippen LogP contribution in [0, 0.1) is 5.41 Å². The van der Waals surface area contributed by atoms with E-state index in [1.54, 1.807) is 11.3 Å². The summed E-state index contributed by atoms with van der Waals surface area (Å²) in [5, 5.41) is 1.08. The zero-order valence-corrected chi connectivity index (χ0v) is 13.3. The number of hydrogen-bond acceptors (Lipinski definition) is 4. The lowest BCUT2D eigenvalue weighted by atomic mass is 9.74. The minimum Gasteiger partial charge on any atom is -0.348 e. The summed E-state index contributed by atoms with van der Waals surface area (Å²) in [5.74, 6) is 0.565. The van der Waals surface area contributed by atoms with Gasteiger partial charge in [-0.3, -0.25) is 4.79 Å². The predicted molar refractivity (Wildman–Crippen MR) is 83.9 cm³/mol. The SMILES string of the molecule is CCC1(CC)CCN(c2nc(C3CC3)c(C=O)s2)CC1. The van der Waals surface area contributed by atoms with Crippen LogP contribution in [0.25, 0.3) is 0 Å². The number of anilines is 1. The molecule has 3 rings (SSSR count). The Labute approximate surface area is 125 Å². The van der Waals surface area contributed by atoms with Crippen molar-refractivity contribution in [3.05, 3.63) is 10.6 Å². The van der Waals surface area contributed by atoms with Gasteiger partial charge < -0.3 is 4.90 Å². The number of rotatable bonds is 5. The fraction of sp³-hybridized carbons (Fsp3) is 0.750. The number of nitrogens with zero attached hydrogens (tertiary/aromatic N) is 2. The molecule has 0 atom stereocenters. The van der Waals surface area contributed by atoms with E-state index in [-0.39, 0.29) is 0 Å². The van der Waals surface area contributed by atoms with E-state index in [9.17, 15) is 4.79 Å². The highest BCUT2D eigenvalue weighted by molar-refractivity contribution is 7.17. The highest BCUT2D eigenvalue weighted by Crippen LogP contribution is 2.45. The highest BCUT2D eigenvalue weighted by Gasteiger charge is 2.34. The Balaban J connectivity index is 1.73. The van der Waals surface area contributed by atoms with Crippen LogP contribution in [0.5, 0.6) is 0 Å². The molecule has 2 heterocycles. The van der Waals surface area contributed by atoms with Crippen LogP contribution in [-0.2, 0) is 0 Å². The summed E-state index contributed by atoms with van der Waals surface area (Å²) < 4.78 is 0. The predicted octanol–water partition coefficient (Wildman–Crippen LogP) is 4.24. The molecule has 1 aliphatic heterocycles. The van der Waals surface area contributed by atoms with E-state index in [0.717, 1.165) is 35.1 Å². The quantitative estimate of drug-likeness (QED) is 0.761. The molecule has 0 aromatic carbocycles. The van der Waals surface area contributed by atoms with Gasteiger partial charge in [-0.05, 0) is 31.1 Å². The van der Waals surface area contributed by atoms with Crippen molar-refractivity contribution in [2.45, 2.75) is 58.3 Å². The van der Waals surface area contributed by atoms with Crippen molar-refractivity contribution in [3.8, 4) is 0 Å². The Kier molecular flexibility index (Phi) is 3.85.